The van der Waals surface area contributed by atoms with Crippen LogP contribution in [0.15, 0.2) is 42.5 Å². The number of amides is 3. The number of alkyl halides is 3. The molecule has 6 nitrogen and oxygen atoms in total. The third-order valence-electron chi connectivity index (χ3n) is 6.08. The van der Waals surface area contributed by atoms with E-state index in [0.29, 0.717) is 17.7 Å². The van der Waals surface area contributed by atoms with E-state index in [1.54, 1.807) is 0 Å². The van der Waals surface area contributed by atoms with Crippen molar-refractivity contribution < 1.29 is 36.6 Å². The molecule has 3 aromatic carbocycles. The maximum atomic E-state index is 14.1. The molecule has 3 N–H and O–H groups in total. The molecule has 5 rings (SSSR count). The number of nitrogens with one attached hydrogen (secondary N) is 2. The molecule has 36 heavy (non-hydrogen) atoms. The first-order valence-electron chi connectivity index (χ1n) is 10.5. The molecule has 186 valence electrons. The minimum atomic E-state index is -4.89. The van der Waals surface area contributed by atoms with Crippen molar-refractivity contribution in [2.24, 2.45) is 0 Å². The Morgan fingerprint density at radius 1 is 1.11 bits per heavy atom. The Balaban J connectivity index is 1.65. The number of hydrogen-bond acceptors (Lipinski definition) is 3. The topological polar surface area (TPSA) is 81.7 Å². The highest BCUT2D eigenvalue weighted by Crippen LogP contribution is 2.49. The number of benzene rings is 3. The molecule has 0 aliphatic carbocycles. The molecule has 2 aliphatic heterocycles. The van der Waals surface area contributed by atoms with Gasteiger partial charge in [0.25, 0.3) is 5.91 Å². The van der Waals surface area contributed by atoms with Crippen molar-refractivity contribution in [3.8, 4) is 5.75 Å². The smallest absolute Gasteiger partial charge is 0.416 e. The van der Waals surface area contributed by atoms with E-state index < -0.39 is 46.9 Å². The van der Waals surface area contributed by atoms with Crippen molar-refractivity contribution in [1.29, 1.82) is 0 Å². The van der Waals surface area contributed by atoms with Crippen LogP contribution >= 0.6 is 11.6 Å². The van der Waals surface area contributed by atoms with Crippen molar-refractivity contribution >= 4 is 34.9 Å². The zero-order valence-corrected chi connectivity index (χ0v) is 18.8. The van der Waals surface area contributed by atoms with E-state index in [-0.39, 0.29) is 52.3 Å². The minimum absolute atomic E-state index is 0.0775. The second kappa shape index (κ2) is 8.37. The molecule has 0 unspecified atom stereocenters. The Kier molecular flexibility index (Phi) is 5.55. The van der Waals surface area contributed by atoms with E-state index in [9.17, 15) is 36.6 Å². The van der Waals surface area contributed by atoms with E-state index in [0.717, 1.165) is 12.1 Å². The molecule has 0 fully saturated rings. The number of halogens is 6. The molecule has 0 spiro atoms. The third kappa shape index (κ3) is 3.98. The molecule has 3 amide bonds. The Labute approximate surface area is 205 Å². The van der Waals surface area contributed by atoms with Crippen molar-refractivity contribution in [3.05, 3.63) is 86.9 Å². The van der Waals surface area contributed by atoms with Gasteiger partial charge in [-0.15, -0.1) is 0 Å². The van der Waals surface area contributed by atoms with Gasteiger partial charge in [0, 0.05) is 39.9 Å². The van der Waals surface area contributed by atoms with E-state index in [4.69, 9.17) is 11.6 Å². The highest BCUT2D eigenvalue weighted by Gasteiger charge is 2.41. The van der Waals surface area contributed by atoms with Gasteiger partial charge in [-0.3, -0.25) is 9.69 Å². The maximum absolute atomic E-state index is 14.1. The lowest BCUT2D eigenvalue weighted by atomic mass is 9.91. The van der Waals surface area contributed by atoms with Gasteiger partial charge in [0.1, 0.15) is 17.4 Å². The lowest BCUT2D eigenvalue weighted by molar-refractivity contribution is -0.137. The highest BCUT2D eigenvalue weighted by molar-refractivity contribution is 6.31. The number of phenols is 1. The molecule has 3 aromatic rings. The number of phenolic OH excluding ortho intramolecular Hbond substituents is 1. The zero-order chi connectivity index (χ0) is 25.9. The molecular formula is C24H15ClF5N3O3. The van der Waals surface area contributed by atoms with Crippen LogP contribution in [0, 0.1) is 11.6 Å². The van der Waals surface area contributed by atoms with E-state index in [1.165, 1.54) is 17.0 Å². The summed E-state index contributed by atoms with van der Waals surface area (Å²) in [6.45, 7) is 0.210. The van der Waals surface area contributed by atoms with Gasteiger partial charge in [-0.05, 0) is 42.8 Å². The molecule has 12 heteroatoms. The van der Waals surface area contributed by atoms with Gasteiger partial charge in [-0.2, -0.15) is 13.2 Å². The molecule has 2 aliphatic rings. The van der Waals surface area contributed by atoms with Gasteiger partial charge in [0.05, 0.1) is 23.0 Å². The second-order valence-corrected chi connectivity index (χ2v) is 8.72. The van der Waals surface area contributed by atoms with Crippen LogP contribution < -0.4 is 15.5 Å². The number of carbonyl (C=O) groups excluding carboxylic acids is 2. The monoisotopic (exact) mass is 523 g/mol. The van der Waals surface area contributed by atoms with E-state index >= 15 is 0 Å². The van der Waals surface area contributed by atoms with Crippen LogP contribution in [0.2, 0.25) is 5.02 Å². The quantitative estimate of drug-likeness (QED) is 0.381. The van der Waals surface area contributed by atoms with Crippen LogP contribution in [0.25, 0.3) is 0 Å². The van der Waals surface area contributed by atoms with Crippen molar-refractivity contribution in [3.63, 3.8) is 0 Å². The van der Waals surface area contributed by atoms with Gasteiger partial charge in [-0.1, -0.05) is 11.6 Å². The average Bonchev–Trinajstić information content (AvgIpc) is 3.25. The van der Waals surface area contributed by atoms with Crippen LogP contribution in [0.3, 0.4) is 0 Å². The molecule has 0 bridgehead atoms. The fourth-order valence-corrected chi connectivity index (χ4v) is 4.75. The lowest BCUT2D eigenvalue weighted by Crippen LogP contribution is -2.46. The number of aromatic hydroxyl groups is 1. The summed E-state index contributed by atoms with van der Waals surface area (Å²) in [5, 5.41) is 15.8. The molecule has 1 atom stereocenters. The van der Waals surface area contributed by atoms with Crippen molar-refractivity contribution in [1.82, 2.24) is 5.32 Å². The highest BCUT2D eigenvalue weighted by atomic mass is 35.5. The Bertz CT molecular complexity index is 1440. The SMILES string of the molecule is O=C(Nc1cc(O)c2c3c1[C@@H](c1cc(F)ccc1Cl)NC(=O)N3CC2)c1cc(F)cc(C(F)(F)F)c1. The molecule has 0 radical (unpaired) electrons. The largest absolute Gasteiger partial charge is 0.508 e. The Hall–Kier alpha value is -3.86. The number of urea groups is 1. The summed E-state index contributed by atoms with van der Waals surface area (Å²) in [6, 6.07) is 4.46. The standard InChI is InChI=1S/C24H15ClF5N3O3/c25-16-2-1-12(26)8-15(16)20-19-17(9-18(34)14-3-4-33(21(14)19)23(36)32-20)31-22(35)10-5-11(24(28,29)30)7-13(27)6-10/h1-2,5-9,20,34H,3-4H2,(H,31,35)(H,32,36)/t20-/m1/s1. The predicted molar refractivity (Wildman–Crippen MR) is 120 cm³/mol. The summed E-state index contributed by atoms with van der Waals surface area (Å²) >= 11 is 6.28. The normalized spacial score (nSPS) is 16.6. The number of rotatable bonds is 3. The summed E-state index contributed by atoms with van der Waals surface area (Å²) in [4.78, 5) is 27.1. The molecule has 0 saturated heterocycles. The maximum Gasteiger partial charge on any atom is 0.416 e. The fraction of sp³-hybridized carbons (Fsp3) is 0.167. The van der Waals surface area contributed by atoms with Crippen molar-refractivity contribution in [2.45, 2.75) is 18.6 Å². The van der Waals surface area contributed by atoms with Crippen molar-refractivity contribution in [2.75, 3.05) is 16.8 Å². The van der Waals surface area contributed by atoms with Gasteiger partial charge in [0.15, 0.2) is 0 Å². The first-order valence-corrected chi connectivity index (χ1v) is 10.9. The number of carbonyl (C=O) groups is 2. The van der Waals surface area contributed by atoms with Gasteiger partial charge >= 0.3 is 12.2 Å². The van der Waals surface area contributed by atoms with Gasteiger partial charge in [0.2, 0.25) is 0 Å². The molecule has 2 heterocycles. The third-order valence-corrected chi connectivity index (χ3v) is 6.43. The molecule has 0 aromatic heterocycles. The van der Waals surface area contributed by atoms with Crippen LogP contribution in [-0.2, 0) is 12.6 Å². The summed E-state index contributed by atoms with van der Waals surface area (Å²) in [6.07, 6.45) is -4.60. The van der Waals surface area contributed by atoms with Crippen LogP contribution in [0.5, 0.6) is 5.75 Å². The number of hydrogen-bond donors (Lipinski definition) is 3. The van der Waals surface area contributed by atoms with E-state index in [2.05, 4.69) is 10.6 Å². The number of nitrogens with zero attached hydrogens (tertiary/aromatic N) is 1. The molecular weight excluding hydrogens is 509 g/mol. The lowest BCUT2D eigenvalue weighted by Gasteiger charge is -2.35. The van der Waals surface area contributed by atoms with Gasteiger partial charge in [-0.25, -0.2) is 13.6 Å². The second-order valence-electron chi connectivity index (χ2n) is 8.31. The minimum Gasteiger partial charge on any atom is -0.508 e. The van der Waals surface area contributed by atoms with Gasteiger partial charge < -0.3 is 15.7 Å². The molecule has 0 saturated carbocycles. The van der Waals surface area contributed by atoms with Crippen LogP contribution in [0.1, 0.15) is 38.7 Å². The first kappa shape index (κ1) is 23.9. The fourth-order valence-electron chi connectivity index (χ4n) is 4.52. The summed E-state index contributed by atoms with van der Waals surface area (Å²) < 4.78 is 67.4. The average molecular weight is 524 g/mol. The zero-order valence-electron chi connectivity index (χ0n) is 18.0. The summed E-state index contributed by atoms with van der Waals surface area (Å²) in [5.41, 5.74) is -0.972. The van der Waals surface area contributed by atoms with Crippen LogP contribution in [-0.4, -0.2) is 23.6 Å². The summed E-state index contributed by atoms with van der Waals surface area (Å²) in [7, 11) is 0. The predicted octanol–water partition coefficient (Wildman–Crippen LogP) is 5.77. The Morgan fingerprint density at radius 3 is 2.58 bits per heavy atom. The first-order chi connectivity index (χ1) is 16.9. The van der Waals surface area contributed by atoms with Crippen LogP contribution in [0.4, 0.5) is 38.1 Å². The summed E-state index contributed by atoms with van der Waals surface area (Å²) in [5.74, 6) is -3.27. The number of anilines is 2. The van der Waals surface area contributed by atoms with E-state index in [1.807, 2.05) is 0 Å². The Morgan fingerprint density at radius 2 is 1.86 bits per heavy atom.